The minimum absolute atomic E-state index is 0.582. The van der Waals surface area contributed by atoms with E-state index in [0.717, 1.165) is 24.5 Å². The molecule has 3 heteroatoms. The third-order valence-corrected chi connectivity index (χ3v) is 2.53. The van der Waals surface area contributed by atoms with E-state index in [1.54, 1.807) is 0 Å². The molecule has 0 aliphatic carbocycles. The van der Waals surface area contributed by atoms with Crippen LogP contribution in [-0.4, -0.2) is 29.3 Å². The lowest BCUT2D eigenvalue weighted by Gasteiger charge is -1.97. The second-order valence-electron chi connectivity index (χ2n) is 1.95. The van der Waals surface area contributed by atoms with Gasteiger partial charge in [0, 0.05) is 28.9 Å². The van der Waals surface area contributed by atoms with E-state index in [-0.39, 0.29) is 0 Å². The fraction of sp³-hybridized carbons (Fsp3) is 1.00. The van der Waals surface area contributed by atoms with Crippen LogP contribution < -0.4 is 5.32 Å². The summed E-state index contributed by atoms with van der Waals surface area (Å²) in [6.45, 7) is 2.92. The number of rotatable bonds is 5. The average molecular weight is 149 g/mol. The van der Waals surface area contributed by atoms with E-state index in [1.165, 1.54) is 0 Å². The van der Waals surface area contributed by atoms with Crippen LogP contribution in [0.3, 0.4) is 0 Å². The van der Waals surface area contributed by atoms with Gasteiger partial charge in [-0.25, -0.2) is 0 Å². The Bertz CT molecular complexity index is 85.1. The van der Waals surface area contributed by atoms with Crippen molar-refractivity contribution < 1.29 is 4.21 Å². The van der Waals surface area contributed by atoms with Gasteiger partial charge in [0.1, 0.15) is 0 Å². The van der Waals surface area contributed by atoms with Crippen LogP contribution in [0.5, 0.6) is 0 Å². The second-order valence-corrected chi connectivity index (χ2v) is 3.65. The first-order valence-corrected chi connectivity index (χ1v) is 4.79. The zero-order valence-electron chi connectivity index (χ0n) is 6.14. The molecule has 2 nitrogen and oxygen atoms in total. The molecule has 0 fully saturated rings. The van der Waals surface area contributed by atoms with Crippen molar-refractivity contribution in [2.24, 2.45) is 0 Å². The predicted octanol–water partition coefficient (Wildman–Crippen LogP) is 0.365. The largest absolute Gasteiger partial charge is 0.319 e. The van der Waals surface area contributed by atoms with Crippen LogP contribution in [0.4, 0.5) is 0 Å². The molecule has 0 aliphatic heterocycles. The molecule has 0 amide bonds. The smallest absolute Gasteiger partial charge is 0.0359 e. The Kier molecular flexibility index (Phi) is 6.31. The molecule has 0 rings (SSSR count). The Balaban J connectivity index is 3.06. The molecule has 0 aromatic heterocycles. The second kappa shape index (κ2) is 6.23. The zero-order valence-corrected chi connectivity index (χ0v) is 6.96. The molecule has 9 heavy (non-hydrogen) atoms. The number of nitrogens with one attached hydrogen (secondary N) is 1. The van der Waals surface area contributed by atoms with Gasteiger partial charge in [0.25, 0.3) is 0 Å². The van der Waals surface area contributed by atoms with Gasteiger partial charge in [-0.05, 0) is 13.5 Å². The normalized spacial score (nSPS) is 13.6. The lowest BCUT2D eigenvalue weighted by molar-refractivity contribution is 0.679. The first-order chi connectivity index (χ1) is 4.31. The molecule has 0 bridgehead atoms. The van der Waals surface area contributed by atoms with Crippen molar-refractivity contribution in [1.29, 1.82) is 0 Å². The van der Waals surface area contributed by atoms with Crippen molar-refractivity contribution in [3.8, 4) is 0 Å². The average Bonchev–Trinajstić information content (AvgIpc) is 1.85. The number of hydrogen-bond donors (Lipinski definition) is 1. The summed E-state index contributed by atoms with van der Waals surface area (Å²) < 4.78 is 10.9. The highest BCUT2D eigenvalue weighted by Gasteiger charge is 1.94. The van der Waals surface area contributed by atoms with E-state index < -0.39 is 10.8 Å². The van der Waals surface area contributed by atoms with Gasteiger partial charge in [-0.15, -0.1) is 0 Å². The summed E-state index contributed by atoms with van der Waals surface area (Å²) in [5.41, 5.74) is 0. The van der Waals surface area contributed by atoms with Crippen LogP contribution in [0.25, 0.3) is 0 Å². The third kappa shape index (κ3) is 5.99. The molecule has 0 aromatic carbocycles. The molecule has 0 saturated heterocycles. The summed E-state index contributed by atoms with van der Waals surface area (Å²) >= 11 is 0. The molecule has 1 unspecified atom stereocenters. The SMILES string of the molecule is CCCS(=O)CCNC. The molecule has 0 heterocycles. The maximum absolute atomic E-state index is 10.9. The highest BCUT2D eigenvalue weighted by atomic mass is 32.2. The first kappa shape index (κ1) is 9.11. The lowest BCUT2D eigenvalue weighted by atomic mass is 10.6. The van der Waals surface area contributed by atoms with E-state index in [4.69, 9.17) is 0 Å². The van der Waals surface area contributed by atoms with E-state index >= 15 is 0 Å². The molecule has 56 valence electrons. The van der Waals surface area contributed by atoms with Crippen molar-refractivity contribution in [3.63, 3.8) is 0 Å². The van der Waals surface area contributed by atoms with E-state index in [1.807, 2.05) is 7.05 Å². The van der Waals surface area contributed by atoms with Crippen LogP contribution in [0, 0.1) is 0 Å². The van der Waals surface area contributed by atoms with Gasteiger partial charge in [-0.1, -0.05) is 6.92 Å². The molecule has 1 N–H and O–H groups in total. The molecule has 0 saturated carbocycles. The van der Waals surface area contributed by atoms with Crippen molar-refractivity contribution in [2.75, 3.05) is 25.1 Å². The Morgan fingerprint density at radius 3 is 2.56 bits per heavy atom. The summed E-state index contributed by atoms with van der Waals surface area (Å²) in [7, 11) is 1.30. The Hall–Kier alpha value is 0.110. The lowest BCUT2D eigenvalue weighted by Crippen LogP contribution is -2.16. The summed E-state index contributed by atoms with van der Waals surface area (Å²) in [6, 6.07) is 0. The van der Waals surface area contributed by atoms with Crippen molar-refractivity contribution in [1.82, 2.24) is 5.32 Å². The van der Waals surface area contributed by atoms with Gasteiger partial charge in [-0.2, -0.15) is 0 Å². The topological polar surface area (TPSA) is 29.1 Å². The van der Waals surface area contributed by atoms with Crippen molar-refractivity contribution >= 4 is 10.8 Å². The monoisotopic (exact) mass is 149 g/mol. The fourth-order valence-corrected chi connectivity index (χ4v) is 1.64. The van der Waals surface area contributed by atoms with Crippen LogP contribution in [0.15, 0.2) is 0 Å². The number of hydrogen-bond acceptors (Lipinski definition) is 2. The molecule has 0 radical (unpaired) electrons. The van der Waals surface area contributed by atoms with Crippen molar-refractivity contribution in [3.05, 3.63) is 0 Å². The van der Waals surface area contributed by atoms with Crippen LogP contribution in [-0.2, 0) is 10.8 Å². The van der Waals surface area contributed by atoms with E-state index in [9.17, 15) is 4.21 Å². The standard InChI is InChI=1S/C6H15NOS/c1-3-5-9(8)6-4-7-2/h7H,3-6H2,1-2H3. The molecular formula is C6H15NOS. The summed E-state index contributed by atoms with van der Waals surface area (Å²) in [5.74, 6) is 1.64. The van der Waals surface area contributed by atoms with E-state index in [0.29, 0.717) is 0 Å². The molecule has 0 aliphatic rings. The molecule has 0 aromatic rings. The van der Waals surface area contributed by atoms with Gasteiger partial charge in [0.15, 0.2) is 0 Å². The Labute approximate surface area is 59.5 Å². The van der Waals surface area contributed by atoms with Crippen LogP contribution in [0.2, 0.25) is 0 Å². The highest BCUT2D eigenvalue weighted by Crippen LogP contribution is 1.84. The zero-order chi connectivity index (χ0) is 7.11. The van der Waals surface area contributed by atoms with E-state index in [2.05, 4.69) is 12.2 Å². The minimum atomic E-state index is -0.582. The Morgan fingerprint density at radius 1 is 1.44 bits per heavy atom. The minimum Gasteiger partial charge on any atom is -0.319 e. The summed E-state index contributed by atoms with van der Waals surface area (Å²) in [4.78, 5) is 0. The van der Waals surface area contributed by atoms with Gasteiger partial charge in [0.05, 0.1) is 0 Å². The van der Waals surface area contributed by atoms with Gasteiger partial charge >= 0.3 is 0 Å². The maximum Gasteiger partial charge on any atom is 0.0359 e. The molecule has 1 atom stereocenters. The fourth-order valence-electron chi connectivity index (χ4n) is 0.546. The van der Waals surface area contributed by atoms with Gasteiger partial charge in [0.2, 0.25) is 0 Å². The third-order valence-electron chi connectivity index (χ3n) is 1.01. The quantitative estimate of drug-likeness (QED) is 0.611. The Morgan fingerprint density at radius 2 is 2.11 bits per heavy atom. The van der Waals surface area contributed by atoms with Crippen LogP contribution in [0.1, 0.15) is 13.3 Å². The predicted molar refractivity (Wildman–Crippen MR) is 42.1 cm³/mol. The maximum atomic E-state index is 10.9. The molecular weight excluding hydrogens is 134 g/mol. The van der Waals surface area contributed by atoms with Gasteiger partial charge in [-0.3, -0.25) is 4.21 Å². The highest BCUT2D eigenvalue weighted by molar-refractivity contribution is 7.84. The van der Waals surface area contributed by atoms with Crippen LogP contribution >= 0.6 is 0 Å². The first-order valence-electron chi connectivity index (χ1n) is 3.30. The van der Waals surface area contributed by atoms with Gasteiger partial charge < -0.3 is 5.32 Å². The summed E-state index contributed by atoms with van der Waals surface area (Å²) in [5, 5.41) is 2.96. The summed E-state index contributed by atoms with van der Waals surface area (Å²) in [6.07, 6.45) is 1.02. The van der Waals surface area contributed by atoms with Crippen molar-refractivity contribution in [2.45, 2.75) is 13.3 Å². The molecule has 0 spiro atoms.